The van der Waals surface area contributed by atoms with Crippen molar-refractivity contribution < 1.29 is 71.1 Å². The van der Waals surface area contributed by atoms with E-state index in [-0.39, 0.29) is 35.2 Å². The number of ether oxygens (including phenoxy) is 6. The van der Waals surface area contributed by atoms with Crippen LogP contribution < -0.4 is 5.32 Å². The monoisotopic (exact) mass is 1100 g/mol. The summed E-state index contributed by atoms with van der Waals surface area (Å²) < 4.78 is 53.0. The number of aliphatic hydroxyl groups is 1. The Morgan fingerprint density at radius 2 is 1.42 bits per heavy atom. The summed E-state index contributed by atoms with van der Waals surface area (Å²) in [4.78, 5) is 88.0. The van der Waals surface area contributed by atoms with Crippen LogP contribution in [0.4, 0.5) is 4.79 Å². The molecule has 3 fully saturated rings. The molecular weight excluding hydrogens is 1010 g/mol. The van der Waals surface area contributed by atoms with Crippen LogP contribution in [0.2, 0.25) is 34.8 Å². The molecule has 3 aliphatic carbocycles. The summed E-state index contributed by atoms with van der Waals surface area (Å²) in [5.41, 5.74) is -6.91. The molecule has 2 saturated carbocycles. The van der Waals surface area contributed by atoms with E-state index in [1.807, 2.05) is 6.07 Å². The number of hydrogen-bond acceptors (Lipinski definition) is 15. The maximum atomic E-state index is 16.6. The third-order valence-corrected chi connectivity index (χ3v) is 28.3. The second-order valence-electron chi connectivity index (χ2n) is 24.8. The molecule has 1 aromatic rings. The van der Waals surface area contributed by atoms with Gasteiger partial charge in [0, 0.05) is 38.2 Å². The van der Waals surface area contributed by atoms with Crippen LogP contribution in [0.15, 0.2) is 53.1 Å². The highest BCUT2D eigenvalue weighted by Gasteiger charge is 2.79. The van der Waals surface area contributed by atoms with E-state index in [9.17, 15) is 24.3 Å². The fourth-order valence-electron chi connectivity index (χ4n) is 13.6. The fraction of sp³-hybridized carbons (Fsp3) is 0.724. The molecule has 426 valence electrons. The van der Waals surface area contributed by atoms with E-state index < -0.39 is 135 Å². The molecule has 76 heavy (non-hydrogen) atoms. The molecule has 5 rings (SSSR count). The molecule has 1 heterocycles. The van der Waals surface area contributed by atoms with E-state index in [4.69, 9.17) is 37.3 Å². The third kappa shape index (κ3) is 11.6. The first kappa shape index (κ1) is 62.6. The Morgan fingerprint density at radius 3 is 1.88 bits per heavy atom. The Bertz CT molecular complexity index is 2360. The largest absolute Gasteiger partial charge is 0.456 e. The number of Topliss-reactive ketones (excluding diaryl/α,β-unsaturated/α-hetero) is 1. The van der Waals surface area contributed by atoms with Gasteiger partial charge >= 0.3 is 30.0 Å². The van der Waals surface area contributed by atoms with Crippen molar-refractivity contribution in [3.8, 4) is 0 Å². The molecule has 0 radical (unpaired) electrons. The quantitative estimate of drug-likeness (QED) is 0.0434. The van der Waals surface area contributed by atoms with Crippen molar-refractivity contribution in [1.29, 1.82) is 0 Å². The van der Waals surface area contributed by atoms with Crippen LogP contribution in [0.25, 0.3) is 0 Å². The van der Waals surface area contributed by atoms with Gasteiger partial charge in [-0.3, -0.25) is 14.4 Å². The van der Waals surface area contributed by atoms with Crippen LogP contribution >= 0.6 is 0 Å². The number of hydrogen-bond donors (Lipinski definition) is 2. The Morgan fingerprint density at radius 1 is 0.855 bits per heavy atom. The SMILES string of the molecule is CC[Si](CC)(CC)O[C@H]1C[C@H]2OC[C@@]2(OC(C)=O)C2C(OC(=O)C=C(C)C)[C@]3(O)C[C@H](OC(=O)[C@H](O[Si](C(C)C)(C(C)C)C(C)C)[C@@H](NC(=O)OC(C)(C)C)c4ccccc4)C(C)=C([C@@H](OC(C)=O)C(=O)[C@@]21C)C3(C)C. The number of esters is 4. The number of ketones is 1. The van der Waals surface area contributed by atoms with Crippen molar-refractivity contribution in [2.75, 3.05) is 6.61 Å². The van der Waals surface area contributed by atoms with Crippen molar-refractivity contribution >= 4 is 52.4 Å². The topological polar surface area (TPSA) is 209 Å². The smallest absolute Gasteiger partial charge is 0.408 e. The molecule has 2 N–H and O–H groups in total. The van der Waals surface area contributed by atoms with Gasteiger partial charge in [-0.15, -0.1) is 0 Å². The maximum absolute atomic E-state index is 16.6. The maximum Gasteiger partial charge on any atom is 0.408 e. The number of benzene rings is 1. The number of carbonyl (C=O) groups excluding carboxylic acids is 6. The van der Waals surface area contributed by atoms with Gasteiger partial charge in [-0.05, 0) is 99.9 Å². The van der Waals surface area contributed by atoms with Gasteiger partial charge in [0.2, 0.25) is 8.32 Å². The van der Waals surface area contributed by atoms with Gasteiger partial charge in [0.25, 0.3) is 0 Å². The lowest BCUT2D eigenvalue weighted by Gasteiger charge is -2.68. The van der Waals surface area contributed by atoms with E-state index in [2.05, 4.69) is 67.6 Å². The van der Waals surface area contributed by atoms with Crippen molar-refractivity contribution in [1.82, 2.24) is 5.32 Å². The average Bonchev–Trinajstić information content (AvgIpc) is 3.29. The van der Waals surface area contributed by atoms with Gasteiger partial charge in [-0.1, -0.05) is 112 Å². The molecular formula is C58H91NO15Si2. The molecule has 0 aromatic heterocycles. The van der Waals surface area contributed by atoms with Crippen LogP contribution in [0.3, 0.4) is 0 Å². The van der Waals surface area contributed by atoms with Gasteiger partial charge in [-0.2, -0.15) is 0 Å². The Labute approximate surface area is 454 Å². The molecule has 1 amide bonds. The molecule has 16 nitrogen and oxygen atoms in total. The first-order valence-corrected chi connectivity index (χ1v) is 32.2. The van der Waals surface area contributed by atoms with Gasteiger partial charge in [0.15, 0.2) is 31.9 Å². The van der Waals surface area contributed by atoms with E-state index in [0.717, 1.165) is 0 Å². The van der Waals surface area contributed by atoms with Crippen LogP contribution in [-0.4, -0.2) is 118 Å². The zero-order valence-electron chi connectivity index (χ0n) is 49.2. The highest BCUT2D eigenvalue weighted by atomic mass is 28.4. The Hall–Kier alpha value is -4.21. The van der Waals surface area contributed by atoms with Crippen LogP contribution in [0, 0.1) is 16.7 Å². The summed E-state index contributed by atoms with van der Waals surface area (Å²) >= 11 is 0. The van der Waals surface area contributed by atoms with E-state index >= 15 is 9.59 Å². The minimum absolute atomic E-state index is 0.0413. The van der Waals surface area contributed by atoms with Crippen LogP contribution in [0.5, 0.6) is 0 Å². The highest BCUT2D eigenvalue weighted by molar-refractivity contribution is 6.77. The summed E-state index contributed by atoms with van der Waals surface area (Å²) in [6.07, 6.45) is -8.06. The molecule has 1 aromatic carbocycles. The molecule has 11 atom stereocenters. The van der Waals surface area contributed by atoms with Crippen molar-refractivity contribution in [2.24, 2.45) is 16.7 Å². The third-order valence-electron chi connectivity index (χ3n) is 17.5. The molecule has 18 heteroatoms. The fourth-order valence-corrected chi connectivity index (χ4v) is 22.1. The average molecular weight is 1100 g/mol. The van der Waals surface area contributed by atoms with Crippen LogP contribution in [-0.2, 0) is 61.2 Å². The number of allylic oxidation sites excluding steroid dienone is 1. The predicted molar refractivity (Wildman–Crippen MR) is 293 cm³/mol. The summed E-state index contributed by atoms with van der Waals surface area (Å²) in [5.74, 6) is -5.28. The molecule has 1 saturated heterocycles. The van der Waals surface area contributed by atoms with E-state index in [0.29, 0.717) is 34.8 Å². The molecule has 1 aliphatic heterocycles. The van der Waals surface area contributed by atoms with Gasteiger partial charge < -0.3 is 47.7 Å². The lowest BCUT2D eigenvalue weighted by atomic mass is 9.44. The van der Waals surface area contributed by atoms with Gasteiger partial charge in [-0.25, -0.2) is 14.4 Å². The van der Waals surface area contributed by atoms with Crippen molar-refractivity contribution in [3.63, 3.8) is 0 Å². The lowest BCUT2D eigenvalue weighted by molar-refractivity contribution is -0.345. The van der Waals surface area contributed by atoms with E-state index in [1.54, 1.807) is 86.6 Å². The van der Waals surface area contributed by atoms with E-state index in [1.165, 1.54) is 19.9 Å². The summed E-state index contributed by atoms with van der Waals surface area (Å²) in [7, 11) is -5.70. The molecule has 2 bridgehead atoms. The lowest BCUT2D eigenvalue weighted by Crippen LogP contribution is -2.82. The second-order valence-corrected chi connectivity index (χ2v) is 34.9. The summed E-state index contributed by atoms with van der Waals surface area (Å²) in [6.45, 7) is 36.2. The minimum Gasteiger partial charge on any atom is -0.456 e. The summed E-state index contributed by atoms with van der Waals surface area (Å²) in [5, 5.41) is 17.3. The first-order valence-electron chi connectivity index (χ1n) is 27.5. The standard InChI is InChI=1S/C58H91NO15Si2/c1-21-75(22-2,23-3)73-42-30-43-57(32-67-43,71-39(14)61)49-51(70-44(62)29-33(4)5)58(66)31-41(37(12)45(55(58,18)19)47(68-38(13)60)50(63)56(42,49)20)69-52(64)48(74-76(34(6)7,35(8)9)36(10)11)46(40-27-25-24-26-28-40)59-53(65)72-54(15,16)17/h24-29,34-36,41-43,46-49,51,66H,21-23,30-32H2,1-20H3,(H,59,65)/t41-,42-,43+,46-,47+,48+,49?,51?,56+,57-,58+/m0/s1. The number of nitrogens with one attached hydrogen (secondary N) is 1. The van der Waals surface area contributed by atoms with Gasteiger partial charge in [0.05, 0.1) is 30.1 Å². The minimum atomic E-state index is -3.06. The zero-order valence-corrected chi connectivity index (χ0v) is 51.2. The zero-order chi connectivity index (χ0) is 57.5. The Kier molecular flexibility index (Phi) is 19.2. The number of alkyl carbamates (subject to hydrolysis) is 1. The predicted octanol–water partition coefficient (Wildman–Crippen LogP) is 10.7. The number of carbonyl (C=O) groups is 6. The Balaban J connectivity index is 1.89. The highest BCUT2D eigenvalue weighted by Crippen LogP contribution is 2.65. The number of rotatable bonds is 19. The van der Waals surface area contributed by atoms with Crippen molar-refractivity contribution in [2.45, 2.75) is 246 Å². The van der Waals surface area contributed by atoms with Gasteiger partial charge in [0.1, 0.15) is 29.5 Å². The first-order chi connectivity index (χ1) is 35.1. The molecule has 0 spiro atoms. The second kappa shape index (κ2) is 23.2. The molecule has 4 aliphatic rings. The van der Waals surface area contributed by atoms with Crippen LogP contribution in [0.1, 0.15) is 163 Å². The number of fused-ring (bicyclic) bond motifs is 5. The molecule has 2 unspecified atom stereocenters. The van der Waals surface area contributed by atoms with Crippen molar-refractivity contribution in [3.05, 3.63) is 58.7 Å². The summed E-state index contributed by atoms with van der Waals surface area (Å²) in [6, 6.07) is 9.85. The normalized spacial score (nSPS) is 29.1. The number of amides is 1.